The largest absolute Gasteiger partial charge is 0.492 e. The zero-order valence-corrected chi connectivity index (χ0v) is 14.5. The second kappa shape index (κ2) is 7.61. The van der Waals surface area contributed by atoms with Crippen LogP contribution >= 0.6 is 0 Å². The molecule has 2 heterocycles. The number of ether oxygens (including phenoxy) is 2. The topological polar surface area (TPSA) is 126 Å². The molecule has 9 nitrogen and oxygen atoms in total. The molecule has 2 aliphatic rings. The van der Waals surface area contributed by atoms with Gasteiger partial charge in [-0.1, -0.05) is 0 Å². The number of hydrogen-bond acceptors (Lipinski definition) is 7. The van der Waals surface area contributed by atoms with Gasteiger partial charge in [0.15, 0.2) is 11.5 Å². The molecule has 2 aliphatic heterocycles. The maximum Gasteiger partial charge on any atom is 0.250 e. The number of rotatable bonds is 8. The van der Waals surface area contributed by atoms with E-state index in [4.69, 9.17) is 20.3 Å². The molecule has 0 aromatic heterocycles. The number of aliphatic imine (C=N–C) groups is 1. The lowest BCUT2D eigenvalue weighted by atomic mass is 10.1. The van der Waals surface area contributed by atoms with Crippen molar-refractivity contribution in [3.8, 4) is 11.5 Å². The smallest absolute Gasteiger partial charge is 0.250 e. The van der Waals surface area contributed by atoms with Crippen LogP contribution < -0.4 is 20.5 Å². The van der Waals surface area contributed by atoms with Crippen molar-refractivity contribution in [2.45, 2.75) is 31.8 Å². The molecule has 1 saturated heterocycles. The Hall–Kier alpha value is -2.81. The monoisotopic (exact) mass is 362 g/mol. The molecule has 1 unspecified atom stereocenters. The molecule has 0 spiro atoms. The average molecular weight is 362 g/mol. The molecule has 1 atom stereocenters. The van der Waals surface area contributed by atoms with Crippen LogP contribution in [0.2, 0.25) is 0 Å². The van der Waals surface area contributed by atoms with Crippen LogP contribution in [0.15, 0.2) is 17.1 Å². The number of guanidine groups is 1. The molecule has 1 aromatic carbocycles. The van der Waals surface area contributed by atoms with Gasteiger partial charge < -0.3 is 25.2 Å². The number of amides is 2. The van der Waals surface area contributed by atoms with E-state index in [2.05, 4.69) is 10.3 Å². The lowest BCUT2D eigenvalue weighted by molar-refractivity contribution is -0.126. The van der Waals surface area contributed by atoms with Crippen LogP contribution in [0.25, 0.3) is 0 Å². The fourth-order valence-corrected chi connectivity index (χ4v) is 3.10. The molecule has 0 saturated carbocycles. The number of aliphatic hydroxyl groups is 1. The normalized spacial score (nSPS) is 17.9. The highest BCUT2D eigenvalue weighted by Crippen LogP contribution is 2.41. The Bertz CT molecular complexity index is 749. The number of nitrogens with zero attached hydrogens (tertiary/aromatic N) is 2. The third-order valence-corrected chi connectivity index (χ3v) is 4.35. The molecular formula is C17H22N4O5. The summed E-state index contributed by atoms with van der Waals surface area (Å²) in [5.41, 5.74) is 6.72. The lowest BCUT2D eigenvalue weighted by Gasteiger charge is -2.29. The molecular weight excluding hydrogens is 340 g/mol. The number of methoxy groups -OCH3 is 1. The van der Waals surface area contributed by atoms with Crippen molar-refractivity contribution in [3.05, 3.63) is 17.7 Å². The zero-order valence-electron chi connectivity index (χ0n) is 14.5. The third kappa shape index (κ3) is 3.43. The van der Waals surface area contributed by atoms with Gasteiger partial charge in [-0.25, -0.2) is 4.99 Å². The highest BCUT2D eigenvalue weighted by atomic mass is 16.5. The summed E-state index contributed by atoms with van der Waals surface area (Å²) in [6.07, 6.45) is 1.31. The van der Waals surface area contributed by atoms with Crippen LogP contribution in [0.3, 0.4) is 0 Å². The number of carbonyl (C=O) groups excluding carboxylic acids is 2. The fourth-order valence-electron chi connectivity index (χ4n) is 3.10. The van der Waals surface area contributed by atoms with E-state index < -0.39 is 11.9 Å². The standard InChI is InChI=1S/C17H22N4O5/c1-25-15-10-9-21-12(8-14(18)23)16(24)20-17(21)19-11(10)4-5-13(15)26-7-3-2-6-22/h4-5,12,22H,2-3,6-9H2,1H3,(H2,18,23)(H,19,20,24). The maximum absolute atomic E-state index is 12.1. The Labute approximate surface area is 150 Å². The fraction of sp³-hybridized carbons (Fsp3) is 0.471. The zero-order chi connectivity index (χ0) is 18.7. The summed E-state index contributed by atoms with van der Waals surface area (Å²) in [7, 11) is 1.55. The quantitative estimate of drug-likeness (QED) is 0.560. The summed E-state index contributed by atoms with van der Waals surface area (Å²) < 4.78 is 11.3. The van der Waals surface area contributed by atoms with Crippen LogP contribution in [0, 0.1) is 0 Å². The second-order valence-corrected chi connectivity index (χ2v) is 6.11. The highest BCUT2D eigenvalue weighted by molar-refractivity contribution is 6.09. The minimum absolute atomic E-state index is 0.0835. The van der Waals surface area contributed by atoms with Gasteiger partial charge in [0, 0.05) is 12.2 Å². The van der Waals surface area contributed by atoms with E-state index in [0.29, 0.717) is 42.7 Å². The van der Waals surface area contributed by atoms with Gasteiger partial charge in [0.05, 0.1) is 32.4 Å². The molecule has 3 rings (SSSR count). The van der Waals surface area contributed by atoms with Crippen molar-refractivity contribution >= 4 is 23.5 Å². The van der Waals surface area contributed by atoms with Crippen LogP contribution in [0.1, 0.15) is 24.8 Å². The first kappa shape index (κ1) is 18.0. The van der Waals surface area contributed by atoms with Gasteiger partial charge in [-0.2, -0.15) is 0 Å². The number of unbranched alkanes of at least 4 members (excludes halogenated alkanes) is 1. The average Bonchev–Trinajstić information content (AvgIpc) is 2.90. The number of benzene rings is 1. The van der Waals surface area contributed by atoms with Crippen LogP contribution in [0.5, 0.6) is 11.5 Å². The maximum atomic E-state index is 12.1. The summed E-state index contributed by atoms with van der Waals surface area (Å²) in [6.45, 7) is 0.930. The number of carbonyl (C=O) groups is 2. The summed E-state index contributed by atoms with van der Waals surface area (Å²) in [5.74, 6) is 0.687. The number of hydrogen-bond donors (Lipinski definition) is 3. The Morgan fingerprint density at radius 2 is 2.27 bits per heavy atom. The molecule has 1 fully saturated rings. The summed E-state index contributed by atoms with van der Waals surface area (Å²) in [5, 5.41) is 11.5. The van der Waals surface area contributed by atoms with Crippen LogP contribution in [-0.4, -0.2) is 54.1 Å². The minimum atomic E-state index is -0.682. The number of primary amides is 1. The van der Waals surface area contributed by atoms with Gasteiger partial charge >= 0.3 is 0 Å². The predicted molar refractivity (Wildman–Crippen MR) is 93.2 cm³/mol. The van der Waals surface area contributed by atoms with E-state index in [1.165, 1.54) is 0 Å². The van der Waals surface area contributed by atoms with Crippen molar-refractivity contribution in [1.29, 1.82) is 0 Å². The Balaban J connectivity index is 1.86. The minimum Gasteiger partial charge on any atom is -0.492 e. The Morgan fingerprint density at radius 1 is 1.46 bits per heavy atom. The van der Waals surface area contributed by atoms with E-state index in [-0.39, 0.29) is 18.9 Å². The van der Waals surface area contributed by atoms with Crippen molar-refractivity contribution in [3.63, 3.8) is 0 Å². The summed E-state index contributed by atoms with van der Waals surface area (Å²) in [6, 6.07) is 2.89. The van der Waals surface area contributed by atoms with Crippen molar-refractivity contribution in [2.75, 3.05) is 20.3 Å². The molecule has 9 heteroatoms. The number of nitrogens with one attached hydrogen (secondary N) is 1. The first-order chi connectivity index (χ1) is 12.5. The molecule has 140 valence electrons. The molecule has 4 N–H and O–H groups in total. The summed E-state index contributed by atoms with van der Waals surface area (Å²) >= 11 is 0. The molecule has 26 heavy (non-hydrogen) atoms. The Morgan fingerprint density at radius 3 is 2.96 bits per heavy atom. The van der Waals surface area contributed by atoms with Crippen molar-refractivity contribution < 1.29 is 24.2 Å². The van der Waals surface area contributed by atoms with E-state index >= 15 is 0 Å². The van der Waals surface area contributed by atoms with Crippen molar-refractivity contribution in [2.24, 2.45) is 10.7 Å². The molecule has 0 aliphatic carbocycles. The van der Waals surface area contributed by atoms with E-state index in [1.54, 1.807) is 24.1 Å². The SMILES string of the molecule is COc1c(OCCCCO)ccc2c1CN1C(=N2)NC(=O)C1CC(N)=O. The molecule has 2 amide bonds. The van der Waals surface area contributed by atoms with Crippen LogP contribution in [0.4, 0.5) is 5.69 Å². The van der Waals surface area contributed by atoms with Gasteiger partial charge in [0.1, 0.15) is 6.04 Å². The van der Waals surface area contributed by atoms with Gasteiger partial charge in [-0.3, -0.25) is 14.9 Å². The molecule has 0 bridgehead atoms. The van der Waals surface area contributed by atoms with E-state index in [1.807, 2.05) is 0 Å². The number of aliphatic hydroxyl groups excluding tert-OH is 1. The lowest BCUT2D eigenvalue weighted by Crippen LogP contribution is -2.39. The highest BCUT2D eigenvalue weighted by Gasteiger charge is 2.40. The van der Waals surface area contributed by atoms with Gasteiger partial charge in [0.25, 0.3) is 0 Å². The summed E-state index contributed by atoms with van der Waals surface area (Å²) in [4.78, 5) is 29.6. The van der Waals surface area contributed by atoms with E-state index in [0.717, 1.165) is 12.0 Å². The van der Waals surface area contributed by atoms with Gasteiger partial charge in [-0.05, 0) is 25.0 Å². The van der Waals surface area contributed by atoms with Gasteiger partial charge in [-0.15, -0.1) is 0 Å². The molecule has 1 aromatic rings. The first-order valence-electron chi connectivity index (χ1n) is 8.43. The number of fused-ring (bicyclic) bond motifs is 2. The molecule has 0 radical (unpaired) electrons. The number of nitrogens with two attached hydrogens (primary N) is 1. The Kier molecular flexibility index (Phi) is 5.27. The van der Waals surface area contributed by atoms with Crippen molar-refractivity contribution in [1.82, 2.24) is 10.2 Å². The third-order valence-electron chi connectivity index (χ3n) is 4.35. The first-order valence-corrected chi connectivity index (χ1v) is 8.43. The van der Waals surface area contributed by atoms with E-state index in [9.17, 15) is 9.59 Å². The van der Waals surface area contributed by atoms with Gasteiger partial charge in [0.2, 0.25) is 17.8 Å². The van der Waals surface area contributed by atoms with Crippen LogP contribution in [-0.2, 0) is 16.1 Å². The predicted octanol–water partition coefficient (Wildman–Crippen LogP) is 0.0234. The second-order valence-electron chi connectivity index (χ2n) is 6.11.